The lowest BCUT2D eigenvalue weighted by molar-refractivity contribution is -0.137. The molecule has 1 aromatic carbocycles. The number of alkyl halides is 3. The molecule has 0 unspecified atom stereocenters. The first-order valence-electron chi connectivity index (χ1n) is 5.76. The second kappa shape index (κ2) is 4.37. The zero-order chi connectivity index (χ0) is 14.4. The molecule has 1 nitrogen and oxygen atoms in total. The van der Waals surface area contributed by atoms with Crippen LogP contribution in [-0.4, -0.2) is 4.98 Å². The maximum absolute atomic E-state index is 12.7. The van der Waals surface area contributed by atoms with Gasteiger partial charge in [0.2, 0.25) is 0 Å². The van der Waals surface area contributed by atoms with Crippen LogP contribution in [0.15, 0.2) is 24.4 Å². The van der Waals surface area contributed by atoms with Crippen LogP contribution in [0.2, 0.25) is 5.02 Å². The SMILES string of the molecule is CC(C)(C)c1c(Cl)cnc2cc(C(F)(F)F)ccc12. The van der Waals surface area contributed by atoms with E-state index in [2.05, 4.69) is 4.98 Å². The summed E-state index contributed by atoms with van der Waals surface area (Å²) in [7, 11) is 0. The molecule has 0 saturated carbocycles. The summed E-state index contributed by atoms with van der Waals surface area (Å²) in [6, 6.07) is 3.56. The number of rotatable bonds is 0. The summed E-state index contributed by atoms with van der Waals surface area (Å²) in [4.78, 5) is 4.00. The number of hydrogen-bond acceptors (Lipinski definition) is 1. The number of nitrogens with zero attached hydrogens (tertiary/aromatic N) is 1. The molecule has 1 heterocycles. The van der Waals surface area contributed by atoms with E-state index in [0.29, 0.717) is 15.9 Å². The van der Waals surface area contributed by atoms with E-state index >= 15 is 0 Å². The fraction of sp³-hybridized carbons (Fsp3) is 0.357. The number of pyridine rings is 1. The van der Waals surface area contributed by atoms with Crippen molar-refractivity contribution in [2.75, 3.05) is 0 Å². The molecule has 2 aromatic rings. The van der Waals surface area contributed by atoms with Crippen molar-refractivity contribution in [3.8, 4) is 0 Å². The van der Waals surface area contributed by atoms with Gasteiger partial charge in [-0.1, -0.05) is 38.4 Å². The van der Waals surface area contributed by atoms with Crippen LogP contribution >= 0.6 is 11.6 Å². The van der Waals surface area contributed by atoms with Crippen molar-refractivity contribution in [2.24, 2.45) is 0 Å². The van der Waals surface area contributed by atoms with Crippen LogP contribution < -0.4 is 0 Å². The molecule has 2 rings (SSSR count). The first kappa shape index (κ1) is 14.1. The highest BCUT2D eigenvalue weighted by molar-refractivity contribution is 6.32. The largest absolute Gasteiger partial charge is 0.416 e. The van der Waals surface area contributed by atoms with Gasteiger partial charge in [-0.05, 0) is 23.1 Å². The molecule has 1 aromatic heterocycles. The summed E-state index contributed by atoms with van der Waals surface area (Å²) >= 11 is 6.13. The summed E-state index contributed by atoms with van der Waals surface area (Å²) in [5.41, 5.74) is 0.157. The van der Waals surface area contributed by atoms with Gasteiger partial charge in [-0.15, -0.1) is 0 Å². The number of benzene rings is 1. The molecule has 0 aliphatic carbocycles. The predicted molar refractivity (Wildman–Crippen MR) is 70.5 cm³/mol. The fourth-order valence-electron chi connectivity index (χ4n) is 2.11. The van der Waals surface area contributed by atoms with Crippen molar-refractivity contribution in [1.82, 2.24) is 4.98 Å². The summed E-state index contributed by atoms with van der Waals surface area (Å²) in [5.74, 6) is 0. The summed E-state index contributed by atoms with van der Waals surface area (Å²) in [6.07, 6.45) is -2.96. The molecule has 0 radical (unpaired) electrons. The molecule has 0 bridgehead atoms. The lowest BCUT2D eigenvalue weighted by Crippen LogP contribution is -2.13. The Kier molecular flexibility index (Phi) is 3.25. The van der Waals surface area contributed by atoms with Crippen LogP contribution in [0.1, 0.15) is 31.9 Å². The Hall–Kier alpha value is -1.29. The summed E-state index contributed by atoms with van der Waals surface area (Å²) in [6.45, 7) is 5.89. The second-order valence-electron chi connectivity index (χ2n) is 5.46. The molecule has 5 heteroatoms. The molecule has 19 heavy (non-hydrogen) atoms. The highest BCUT2D eigenvalue weighted by Gasteiger charge is 2.31. The molecular formula is C14H13ClF3N. The van der Waals surface area contributed by atoms with Crippen LogP contribution in [0.4, 0.5) is 13.2 Å². The number of halogens is 4. The van der Waals surface area contributed by atoms with E-state index in [9.17, 15) is 13.2 Å². The fourth-order valence-corrected chi connectivity index (χ4v) is 2.54. The van der Waals surface area contributed by atoms with E-state index in [1.54, 1.807) is 0 Å². The van der Waals surface area contributed by atoms with Crippen molar-refractivity contribution in [2.45, 2.75) is 32.4 Å². The number of aromatic nitrogens is 1. The van der Waals surface area contributed by atoms with E-state index in [4.69, 9.17) is 11.6 Å². The molecule has 0 spiro atoms. The Bertz CT molecular complexity index is 627. The monoisotopic (exact) mass is 287 g/mol. The predicted octanol–water partition coefficient (Wildman–Crippen LogP) is 5.20. The van der Waals surface area contributed by atoms with Crippen LogP contribution in [0.5, 0.6) is 0 Å². The zero-order valence-electron chi connectivity index (χ0n) is 10.8. The van der Waals surface area contributed by atoms with Gasteiger partial charge in [-0.3, -0.25) is 4.98 Å². The smallest absolute Gasteiger partial charge is 0.255 e. The third-order valence-electron chi connectivity index (χ3n) is 2.90. The molecule has 0 N–H and O–H groups in total. The van der Waals surface area contributed by atoms with Gasteiger partial charge in [-0.25, -0.2) is 0 Å². The van der Waals surface area contributed by atoms with Crippen LogP contribution in [0.25, 0.3) is 10.9 Å². The third-order valence-corrected chi connectivity index (χ3v) is 3.19. The Labute approximate surface area is 114 Å². The van der Waals surface area contributed by atoms with E-state index in [1.807, 2.05) is 20.8 Å². The topological polar surface area (TPSA) is 12.9 Å². The van der Waals surface area contributed by atoms with E-state index in [-0.39, 0.29) is 5.41 Å². The highest BCUT2D eigenvalue weighted by atomic mass is 35.5. The average molecular weight is 288 g/mol. The van der Waals surface area contributed by atoms with Gasteiger partial charge in [0, 0.05) is 11.6 Å². The molecule has 0 aliphatic heterocycles. The van der Waals surface area contributed by atoms with E-state index in [1.165, 1.54) is 12.3 Å². The van der Waals surface area contributed by atoms with Gasteiger partial charge >= 0.3 is 6.18 Å². The zero-order valence-corrected chi connectivity index (χ0v) is 11.5. The Balaban J connectivity index is 2.76. The minimum atomic E-state index is -4.36. The lowest BCUT2D eigenvalue weighted by atomic mass is 9.84. The van der Waals surface area contributed by atoms with Crippen molar-refractivity contribution in [3.05, 3.63) is 40.5 Å². The van der Waals surface area contributed by atoms with Crippen LogP contribution in [0.3, 0.4) is 0 Å². The average Bonchev–Trinajstić information content (AvgIpc) is 2.25. The molecular weight excluding hydrogens is 275 g/mol. The van der Waals surface area contributed by atoms with E-state index in [0.717, 1.165) is 17.7 Å². The van der Waals surface area contributed by atoms with E-state index < -0.39 is 11.7 Å². The van der Waals surface area contributed by atoms with Crippen molar-refractivity contribution < 1.29 is 13.2 Å². The van der Waals surface area contributed by atoms with Gasteiger partial charge in [0.1, 0.15) is 0 Å². The first-order chi connectivity index (χ1) is 8.60. The maximum atomic E-state index is 12.7. The third kappa shape index (κ3) is 2.68. The van der Waals surface area contributed by atoms with Crippen LogP contribution in [0, 0.1) is 0 Å². The van der Waals surface area contributed by atoms with Crippen LogP contribution in [-0.2, 0) is 11.6 Å². The molecule has 0 amide bonds. The van der Waals surface area contributed by atoms with Gasteiger partial charge in [0.25, 0.3) is 0 Å². The van der Waals surface area contributed by atoms with Crippen molar-refractivity contribution in [3.63, 3.8) is 0 Å². The standard InChI is InChI=1S/C14H13ClF3N/c1-13(2,3)12-9-5-4-8(14(16,17)18)6-11(9)19-7-10(12)15/h4-7H,1-3H3. The molecule has 0 aliphatic rings. The normalized spacial score (nSPS) is 13.0. The highest BCUT2D eigenvalue weighted by Crippen LogP contribution is 2.37. The maximum Gasteiger partial charge on any atom is 0.416 e. The summed E-state index contributed by atoms with van der Waals surface area (Å²) < 4.78 is 38.0. The first-order valence-corrected chi connectivity index (χ1v) is 6.14. The minimum Gasteiger partial charge on any atom is -0.255 e. The Morgan fingerprint density at radius 2 is 1.74 bits per heavy atom. The quantitative estimate of drug-likeness (QED) is 0.648. The minimum absolute atomic E-state index is 0.266. The van der Waals surface area contributed by atoms with Crippen molar-refractivity contribution in [1.29, 1.82) is 0 Å². The van der Waals surface area contributed by atoms with Crippen molar-refractivity contribution >= 4 is 22.5 Å². The Morgan fingerprint density at radius 3 is 2.26 bits per heavy atom. The Morgan fingerprint density at radius 1 is 1.11 bits per heavy atom. The van der Waals surface area contributed by atoms with Gasteiger partial charge in [-0.2, -0.15) is 13.2 Å². The molecule has 0 saturated heterocycles. The number of fused-ring (bicyclic) bond motifs is 1. The molecule has 0 atom stereocenters. The number of hydrogen-bond donors (Lipinski definition) is 0. The van der Waals surface area contributed by atoms with Gasteiger partial charge in [0.15, 0.2) is 0 Å². The molecule has 0 fully saturated rings. The molecule has 102 valence electrons. The summed E-state index contributed by atoms with van der Waals surface area (Å²) in [5, 5.41) is 1.13. The van der Waals surface area contributed by atoms with Gasteiger partial charge < -0.3 is 0 Å². The second-order valence-corrected chi connectivity index (χ2v) is 5.87. The lowest BCUT2D eigenvalue weighted by Gasteiger charge is -2.22. The van der Waals surface area contributed by atoms with Gasteiger partial charge in [0.05, 0.1) is 16.1 Å².